The van der Waals surface area contributed by atoms with Crippen LogP contribution in [0.4, 0.5) is 4.79 Å². The van der Waals surface area contributed by atoms with Crippen molar-refractivity contribution < 1.29 is 28.9 Å². The molecule has 7 nitrogen and oxygen atoms in total. The molecule has 7 heteroatoms. The lowest BCUT2D eigenvalue weighted by atomic mass is 9.89. The molecule has 1 aromatic rings. The Labute approximate surface area is 140 Å². The molecule has 130 valence electrons. The monoisotopic (exact) mass is 335 g/mol. The molecule has 1 unspecified atom stereocenters. The minimum atomic E-state index is -1.82. The first kappa shape index (κ1) is 17.7. The van der Waals surface area contributed by atoms with Crippen molar-refractivity contribution in [3.63, 3.8) is 0 Å². The number of amides is 1. The number of benzene rings is 1. The van der Waals surface area contributed by atoms with Crippen molar-refractivity contribution in [3.05, 3.63) is 47.9 Å². The van der Waals surface area contributed by atoms with Gasteiger partial charge >= 0.3 is 12.1 Å². The topological polar surface area (TPSA) is 94.1 Å². The Morgan fingerprint density at radius 1 is 1.25 bits per heavy atom. The van der Waals surface area contributed by atoms with Crippen molar-refractivity contribution >= 4 is 12.1 Å². The van der Waals surface area contributed by atoms with E-state index in [-0.39, 0.29) is 19.0 Å². The van der Waals surface area contributed by atoms with Crippen molar-refractivity contribution in [2.45, 2.75) is 38.3 Å². The van der Waals surface area contributed by atoms with Crippen LogP contribution in [0, 0.1) is 0 Å². The Bertz CT molecular complexity index is 634. The number of hydrogen-bond acceptors (Lipinski definition) is 5. The van der Waals surface area contributed by atoms with Gasteiger partial charge in [0.05, 0.1) is 0 Å². The van der Waals surface area contributed by atoms with Crippen molar-refractivity contribution in [1.29, 1.82) is 0 Å². The van der Waals surface area contributed by atoms with E-state index in [9.17, 15) is 14.7 Å². The van der Waals surface area contributed by atoms with Crippen LogP contribution in [-0.4, -0.2) is 35.1 Å². The number of ether oxygens (including phenoxy) is 3. The van der Waals surface area contributed by atoms with Crippen molar-refractivity contribution in [2.24, 2.45) is 0 Å². The zero-order chi connectivity index (χ0) is 17.8. The number of carboxylic acid groups (broad SMARTS) is 1. The van der Waals surface area contributed by atoms with Gasteiger partial charge in [-0.15, -0.1) is 0 Å². The van der Waals surface area contributed by atoms with Crippen LogP contribution in [-0.2, 0) is 25.4 Å². The normalized spacial score (nSPS) is 16.2. The highest BCUT2D eigenvalue weighted by Crippen LogP contribution is 2.28. The van der Waals surface area contributed by atoms with E-state index >= 15 is 0 Å². The van der Waals surface area contributed by atoms with Gasteiger partial charge in [-0.05, 0) is 26.3 Å². The molecule has 1 aliphatic heterocycles. The average Bonchev–Trinajstić information content (AvgIpc) is 2.99. The van der Waals surface area contributed by atoms with E-state index in [1.165, 1.54) is 6.26 Å². The average molecular weight is 335 g/mol. The summed E-state index contributed by atoms with van der Waals surface area (Å²) in [5, 5.41) is 12.3. The van der Waals surface area contributed by atoms with Crippen molar-refractivity contribution in [1.82, 2.24) is 5.32 Å². The molecule has 0 bridgehead atoms. The summed E-state index contributed by atoms with van der Waals surface area (Å²) in [7, 11) is 0. The van der Waals surface area contributed by atoms with E-state index in [2.05, 4.69) is 5.32 Å². The molecule has 0 radical (unpaired) electrons. The molecule has 1 heterocycles. The maximum Gasteiger partial charge on any atom is 0.408 e. The third kappa shape index (κ3) is 4.18. The Hall–Kier alpha value is -2.70. The molecule has 1 aliphatic rings. The second-order valence-electron chi connectivity index (χ2n) is 6.41. The second-order valence-corrected chi connectivity index (χ2v) is 6.41. The van der Waals surface area contributed by atoms with E-state index in [0.29, 0.717) is 5.56 Å². The molecule has 0 saturated carbocycles. The molecule has 1 amide bonds. The maximum atomic E-state index is 12.2. The number of aliphatic carboxylic acids is 1. The number of hydrogen-bond donors (Lipinski definition) is 2. The number of carbonyl (C=O) groups is 2. The molecule has 1 aromatic carbocycles. The van der Waals surface area contributed by atoms with Crippen LogP contribution in [0.15, 0.2) is 42.4 Å². The van der Waals surface area contributed by atoms with Crippen molar-refractivity contribution in [3.8, 4) is 0 Å². The van der Waals surface area contributed by atoms with Crippen LogP contribution >= 0.6 is 0 Å². The van der Waals surface area contributed by atoms with Gasteiger partial charge in [-0.3, -0.25) is 5.32 Å². The first-order valence-electron chi connectivity index (χ1n) is 7.46. The third-order valence-corrected chi connectivity index (χ3v) is 3.29. The predicted octanol–water partition coefficient (Wildman–Crippen LogP) is 2.42. The molecular weight excluding hydrogens is 314 g/mol. The first-order chi connectivity index (χ1) is 11.2. The van der Waals surface area contributed by atoms with Gasteiger partial charge in [-0.25, -0.2) is 9.59 Å². The summed E-state index contributed by atoms with van der Waals surface area (Å²) in [6.07, 6.45) is 0.337. The summed E-state index contributed by atoms with van der Waals surface area (Å²) in [6.45, 7) is 4.98. The third-order valence-electron chi connectivity index (χ3n) is 3.29. The fourth-order valence-corrected chi connectivity index (χ4v) is 2.27. The summed E-state index contributed by atoms with van der Waals surface area (Å²) in [5.74, 6) is -1.25. The number of nitrogens with one attached hydrogen (secondary N) is 1. The lowest BCUT2D eigenvalue weighted by Crippen LogP contribution is -2.58. The molecule has 2 N–H and O–H groups in total. The molecule has 0 spiro atoms. The van der Waals surface area contributed by atoms with Gasteiger partial charge < -0.3 is 19.3 Å². The van der Waals surface area contributed by atoms with E-state index in [4.69, 9.17) is 14.2 Å². The molecule has 2 rings (SSSR count). The number of carboxylic acids is 1. The Morgan fingerprint density at radius 3 is 2.42 bits per heavy atom. The van der Waals surface area contributed by atoms with Crippen LogP contribution in [0.5, 0.6) is 0 Å². The van der Waals surface area contributed by atoms with Crippen LogP contribution in [0.25, 0.3) is 0 Å². The summed E-state index contributed by atoms with van der Waals surface area (Å²) < 4.78 is 15.5. The molecular formula is C17H21NO6. The van der Waals surface area contributed by atoms with Gasteiger partial charge in [0.15, 0.2) is 5.76 Å². The number of rotatable bonds is 5. The number of carbonyl (C=O) groups excluding carboxylic acids is 1. The van der Waals surface area contributed by atoms with E-state index < -0.39 is 23.2 Å². The van der Waals surface area contributed by atoms with Gasteiger partial charge in [-0.1, -0.05) is 30.3 Å². The van der Waals surface area contributed by atoms with E-state index in [0.717, 1.165) is 0 Å². The minimum Gasteiger partial charge on any atom is -0.479 e. The van der Waals surface area contributed by atoms with Crippen LogP contribution in [0.1, 0.15) is 26.3 Å². The zero-order valence-corrected chi connectivity index (χ0v) is 13.9. The fourth-order valence-electron chi connectivity index (χ4n) is 2.27. The maximum absolute atomic E-state index is 12.2. The second kappa shape index (κ2) is 6.82. The first-order valence-corrected chi connectivity index (χ1v) is 7.46. The van der Waals surface area contributed by atoms with Gasteiger partial charge in [0, 0.05) is 6.42 Å². The Balaban J connectivity index is 2.35. The summed E-state index contributed by atoms with van der Waals surface area (Å²) in [4.78, 5) is 24.3. The van der Waals surface area contributed by atoms with Gasteiger partial charge in [0.25, 0.3) is 0 Å². The number of alkyl carbamates (subject to hydrolysis) is 1. The molecule has 24 heavy (non-hydrogen) atoms. The summed E-state index contributed by atoms with van der Waals surface area (Å²) in [5.41, 5.74) is -1.87. The quantitative estimate of drug-likeness (QED) is 0.858. The van der Waals surface area contributed by atoms with Crippen LogP contribution < -0.4 is 5.32 Å². The summed E-state index contributed by atoms with van der Waals surface area (Å²) in [6, 6.07) is 8.93. The zero-order valence-electron chi connectivity index (χ0n) is 13.9. The van der Waals surface area contributed by atoms with Crippen molar-refractivity contribution in [2.75, 3.05) is 6.79 Å². The Kier molecular flexibility index (Phi) is 5.02. The smallest absolute Gasteiger partial charge is 0.408 e. The lowest BCUT2D eigenvalue weighted by molar-refractivity contribution is -0.144. The minimum absolute atomic E-state index is 0.0163. The SMILES string of the molecule is CC(C)(C)OC(=O)NC(Cc1ccccc1)(C(=O)O)C1=COCO1. The van der Waals surface area contributed by atoms with Gasteiger partial charge in [0.2, 0.25) is 12.3 Å². The lowest BCUT2D eigenvalue weighted by Gasteiger charge is -2.31. The molecule has 0 saturated heterocycles. The molecule has 0 aromatic heterocycles. The fraction of sp³-hybridized carbons (Fsp3) is 0.412. The van der Waals surface area contributed by atoms with E-state index in [1.54, 1.807) is 45.0 Å². The highest BCUT2D eigenvalue weighted by atomic mass is 16.7. The predicted molar refractivity (Wildman–Crippen MR) is 85.0 cm³/mol. The van der Waals surface area contributed by atoms with Gasteiger partial charge in [-0.2, -0.15) is 0 Å². The van der Waals surface area contributed by atoms with Gasteiger partial charge in [0.1, 0.15) is 11.9 Å². The molecule has 0 aliphatic carbocycles. The Morgan fingerprint density at radius 2 is 1.92 bits per heavy atom. The van der Waals surface area contributed by atoms with E-state index in [1.807, 2.05) is 6.07 Å². The highest BCUT2D eigenvalue weighted by Gasteiger charge is 2.48. The van der Waals surface area contributed by atoms with Crippen LogP contribution in [0.2, 0.25) is 0 Å². The highest BCUT2D eigenvalue weighted by molar-refractivity contribution is 5.88. The van der Waals surface area contributed by atoms with Crippen LogP contribution in [0.3, 0.4) is 0 Å². The summed E-state index contributed by atoms with van der Waals surface area (Å²) >= 11 is 0. The largest absolute Gasteiger partial charge is 0.479 e. The molecule has 0 fully saturated rings. The molecule has 1 atom stereocenters. The standard InChI is InChI=1S/C17H21NO6/c1-16(2,3)24-15(21)18-17(14(19)20,13-10-22-11-23-13)9-12-7-5-4-6-8-12/h4-8,10H,9,11H2,1-3H3,(H,18,21)(H,19,20).